The molecular weight excluding hydrogens is 148 g/mol. The first kappa shape index (κ1) is 11.4. The van der Waals surface area contributed by atoms with Crippen LogP contribution in [-0.2, 0) is 0 Å². The van der Waals surface area contributed by atoms with Gasteiger partial charge in [0.15, 0.2) is 0 Å². The monoisotopic (exact) mass is 168 g/mol. The molecule has 12 heavy (non-hydrogen) atoms. The van der Waals surface area contributed by atoms with Crippen molar-refractivity contribution in [2.45, 2.75) is 33.6 Å². The molecule has 0 saturated heterocycles. The Kier molecular flexibility index (Phi) is 6.78. The molecule has 0 aromatic heterocycles. The first-order valence-corrected chi connectivity index (χ1v) is 4.57. The van der Waals surface area contributed by atoms with Gasteiger partial charge in [-0.3, -0.25) is 0 Å². The third kappa shape index (κ3) is 7.55. The van der Waals surface area contributed by atoms with Gasteiger partial charge in [0.1, 0.15) is 0 Å². The molecule has 0 aliphatic carbocycles. The van der Waals surface area contributed by atoms with Crippen LogP contribution in [-0.4, -0.2) is 11.7 Å². The van der Waals surface area contributed by atoms with E-state index in [9.17, 15) is 0 Å². The second-order valence-corrected chi connectivity index (χ2v) is 3.45. The fourth-order valence-electron chi connectivity index (χ4n) is 1.02. The van der Waals surface area contributed by atoms with Gasteiger partial charge in [0.25, 0.3) is 0 Å². The molecule has 1 N–H and O–H groups in total. The number of aliphatic hydroxyl groups excluding tert-OH is 1. The van der Waals surface area contributed by atoms with E-state index in [0.717, 1.165) is 6.42 Å². The van der Waals surface area contributed by atoms with E-state index in [1.165, 1.54) is 12.0 Å². The van der Waals surface area contributed by atoms with E-state index in [0.29, 0.717) is 5.92 Å². The first-order chi connectivity index (χ1) is 5.66. The number of hydrogen-bond acceptors (Lipinski definition) is 1. The maximum absolute atomic E-state index is 8.53. The fourth-order valence-corrected chi connectivity index (χ4v) is 1.02. The number of hydrogen-bond donors (Lipinski definition) is 1. The molecule has 1 unspecified atom stereocenters. The van der Waals surface area contributed by atoms with Gasteiger partial charge in [-0.05, 0) is 32.6 Å². The van der Waals surface area contributed by atoms with Crippen molar-refractivity contribution in [3.05, 3.63) is 23.8 Å². The zero-order chi connectivity index (χ0) is 9.40. The molecular formula is C11H20O. The Bertz CT molecular complexity index is 152. The van der Waals surface area contributed by atoms with Crippen LogP contribution in [0.15, 0.2) is 23.8 Å². The van der Waals surface area contributed by atoms with Gasteiger partial charge in [0, 0.05) is 0 Å². The van der Waals surface area contributed by atoms with Gasteiger partial charge < -0.3 is 5.11 Å². The summed E-state index contributed by atoms with van der Waals surface area (Å²) in [6.07, 6.45) is 8.44. The fraction of sp³-hybridized carbons (Fsp3) is 0.636. The Morgan fingerprint density at radius 1 is 1.42 bits per heavy atom. The molecule has 0 bridgehead atoms. The molecule has 0 heterocycles. The van der Waals surface area contributed by atoms with Crippen molar-refractivity contribution < 1.29 is 5.11 Å². The van der Waals surface area contributed by atoms with Crippen LogP contribution in [0.25, 0.3) is 0 Å². The minimum absolute atomic E-state index is 0.160. The van der Waals surface area contributed by atoms with E-state index in [-0.39, 0.29) is 6.61 Å². The van der Waals surface area contributed by atoms with Gasteiger partial charge >= 0.3 is 0 Å². The van der Waals surface area contributed by atoms with E-state index in [1.54, 1.807) is 0 Å². The molecule has 0 saturated carbocycles. The van der Waals surface area contributed by atoms with Crippen molar-refractivity contribution in [1.82, 2.24) is 0 Å². The molecule has 0 radical (unpaired) electrons. The summed E-state index contributed by atoms with van der Waals surface area (Å²) < 4.78 is 0. The third-order valence-corrected chi connectivity index (χ3v) is 1.74. The van der Waals surface area contributed by atoms with Crippen molar-refractivity contribution in [2.75, 3.05) is 6.61 Å². The highest BCUT2D eigenvalue weighted by Crippen LogP contribution is 2.08. The molecule has 1 nitrogen and oxygen atoms in total. The molecule has 0 aliphatic rings. The summed E-state index contributed by atoms with van der Waals surface area (Å²) in [5.41, 5.74) is 1.38. The SMILES string of the molecule is CC(C)=CCCC(C)/C=C\CO. The minimum atomic E-state index is 0.160. The lowest BCUT2D eigenvalue weighted by Crippen LogP contribution is -1.88. The van der Waals surface area contributed by atoms with Crippen molar-refractivity contribution in [3.63, 3.8) is 0 Å². The van der Waals surface area contributed by atoms with Gasteiger partial charge in [0.2, 0.25) is 0 Å². The predicted octanol–water partition coefficient (Wildman–Crippen LogP) is 2.92. The Hall–Kier alpha value is -0.560. The molecule has 0 spiro atoms. The van der Waals surface area contributed by atoms with Crippen LogP contribution < -0.4 is 0 Å². The Labute approximate surface area is 75.8 Å². The molecule has 1 atom stereocenters. The highest BCUT2D eigenvalue weighted by Gasteiger charge is 1.93. The summed E-state index contributed by atoms with van der Waals surface area (Å²) >= 11 is 0. The van der Waals surface area contributed by atoms with Crippen LogP contribution in [0.1, 0.15) is 33.6 Å². The lowest BCUT2D eigenvalue weighted by atomic mass is 10.0. The summed E-state index contributed by atoms with van der Waals surface area (Å²) in [6, 6.07) is 0. The lowest BCUT2D eigenvalue weighted by Gasteiger charge is -2.02. The quantitative estimate of drug-likeness (QED) is 0.626. The maximum atomic E-state index is 8.53. The van der Waals surface area contributed by atoms with E-state index < -0.39 is 0 Å². The number of allylic oxidation sites excluding steroid dienone is 3. The average molecular weight is 168 g/mol. The standard InChI is InChI=1S/C11H20O/c1-10(2)6-4-7-11(3)8-5-9-12/h5-6,8,11-12H,4,7,9H2,1-3H3/b8-5-. The molecule has 1 heteroatoms. The molecule has 0 aromatic rings. The van der Waals surface area contributed by atoms with Crippen LogP contribution in [0.3, 0.4) is 0 Å². The summed E-state index contributed by atoms with van der Waals surface area (Å²) in [6.45, 7) is 6.57. The topological polar surface area (TPSA) is 20.2 Å². The molecule has 0 rings (SSSR count). The maximum Gasteiger partial charge on any atom is 0.0612 e. The molecule has 0 aromatic carbocycles. The van der Waals surface area contributed by atoms with Crippen molar-refractivity contribution in [3.8, 4) is 0 Å². The van der Waals surface area contributed by atoms with Crippen LogP contribution in [0.2, 0.25) is 0 Å². The summed E-state index contributed by atoms with van der Waals surface area (Å²) in [5, 5.41) is 8.53. The molecule has 0 aliphatic heterocycles. The second kappa shape index (κ2) is 7.11. The van der Waals surface area contributed by atoms with E-state index in [1.807, 2.05) is 6.08 Å². The van der Waals surface area contributed by atoms with Gasteiger partial charge in [-0.1, -0.05) is 30.7 Å². The lowest BCUT2D eigenvalue weighted by molar-refractivity contribution is 0.341. The Morgan fingerprint density at radius 2 is 2.08 bits per heavy atom. The van der Waals surface area contributed by atoms with Crippen molar-refractivity contribution in [2.24, 2.45) is 5.92 Å². The Balaban J connectivity index is 3.50. The highest BCUT2D eigenvalue weighted by atomic mass is 16.2. The first-order valence-electron chi connectivity index (χ1n) is 4.57. The Morgan fingerprint density at radius 3 is 2.58 bits per heavy atom. The minimum Gasteiger partial charge on any atom is -0.392 e. The van der Waals surface area contributed by atoms with Crippen molar-refractivity contribution in [1.29, 1.82) is 0 Å². The average Bonchev–Trinajstić information content (AvgIpc) is 2.00. The zero-order valence-corrected chi connectivity index (χ0v) is 8.38. The molecule has 70 valence electrons. The second-order valence-electron chi connectivity index (χ2n) is 3.45. The zero-order valence-electron chi connectivity index (χ0n) is 8.38. The molecule has 0 fully saturated rings. The van der Waals surface area contributed by atoms with Crippen LogP contribution >= 0.6 is 0 Å². The largest absolute Gasteiger partial charge is 0.392 e. The van der Waals surface area contributed by atoms with E-state index in [2.05, 4.69) is 32.9 Å². The summed E-state index contributed by atoms with van der Waals surface area (Å²) in [5.74, 6) is 0.577. The van der Waals surface area contributed by atoms with Crippen LogP contribution in [0.4, 0.5) is 0 Å². The number of aliphatic hydroxyl groups is 1. The van der Waals surface area contributed by atoms with E-state index >= 15 is 0 Å². The van der Waals surface area contributed by atoms with Gasteiger partial charge in [-0.15, -0.1) is 0 Å². The predicted molar refractivity (Wildman–Crippen MR) is 54.1 cm³/mol. The van der Waals surface area contributed by atoms with Gasteiger partial charge in [-0.25, -0.2) is 0 Å². The number of rotatable bonds is 5. The molecule has 0 amide bonds. The smallest absolute Gasteiger partial charge is 0.0612 e. The third-order valence-electron chi connectivity index (χ3n) is 1.74. The van der Waals surface area contributed by atoms with Crippen LogP contribution in [0.5, 0.6) is 0 Å². The highest BCUT2D eigenvalue weighted by molar-refractivity contribution is 4.94. The van der Waals surface area contributed by atoms with Gasteiger partial charge in [0.05, 0.1) is 6.61 Å². The normalized spacial score (nSPS) is 13.3. The summed E-state index contributed by atoms with van der Waals surface area (Å²) in [4.78, 5) is 0. The van der Waals surface area contributed by atoms with Crippen LogP contribution in [0, 0.1) is 5.92 Å². The van der Waals surface area contributed by atoms with Gasteiger partial charge in [-0.2, -0.15) is 0 Å². The van der Waals surface area contributed by atoms with Crippen molar-refractivity contribution >= 4 is 0 Å². The van der Waals surface area contributed by atoms with E-state index in [4.69, 9.17) is 5.11 Å². The summed E-state index contributed by atoms with van der Waals surface area (Å²) in [7, 11) is 0.